The summed E-state index contributed by atoms with van der Waals surface area (Å²) < 4.78 is 25.6. The predicted molar refractivity (Wildman–Crippen MR) is 99.9 cm³/mol. The van der Waals surface area contributed by atoms with E-state index in [9.17, 15) is 4.39 Å². The Morgan fingerprint density at radius 3 is 2.44 bits per heavy atom. The molecule has 3 heteroatoms. The molecule has 0 aromatic carbocycles. The molecule has 0 aromatic heterocycles. The molecule has 0 bridgehead atoms. The van der Waals surface area contributed by atoms with E-state index in [1.54, 1.807) is 5.57 Å². The average Bonchev–Trinajstić information content (AvgIpc) is 2.62. The van der Waals surface area contributed by atoms with Gasteiger partial charge in [-0.3, -0.25) is 0 Å². The van der Waals surface area contributed by atoms with Crippen LogP contribution in [-0.2, 0) is 9.47 Å². The molecule has 0 saturated carbocycles. The predicted octanol–water partition coefficient (Wildman–Crippen LogP) is 6.33. The standard InChI is InChI=1S/C22H35FO2/c1-16-3-5-18(6-4-16)7-8-19-9-11-21(22(23)13-19)12-10-20-14-24-17(2)25-15-20/h5,16-17,19-20H,3-4,6-15H2,1-2H3. The number of allylic oxidation sites excluding steroid dienone is 4. The van der Waals surface area contributed by atoms with E-state index >= 15 is 0 Å². The number of ether oxygens (including phenoxy) is 2. The second-order valence-electron chi connectivity index (χ2n) is 8.54. The zero-order chi connectivity index (χ0) is 17.6. The number of hydrogen-bond donors (Lipinski definition) is 0. The molecule has 2 atom stereocenters. The van der Waals surface area contributed by atoms with Crippen molar-refractivity contribution in [1.82, 2.24) is 0 Å². The smallest absolute Gasteiger partial charge is 0.154 e. The van der Waals surface area contributed by atoms with Crippen LogP contribution >= 0.6 is 0 Å². The average molecular weight is 351 g/mol. The van der Waals surface area contributed by atoms with Crippen molar-refractivity contribution < 1.29 is 13.9 Å². The number of rotatable bonds is 6. The Hall–Kier alpha value is -0.670. The third kappa shape index (κ3) is 5.92. The molecule has 0 aromatic rings. The molecule has 0 amide bonds. The van der Waals surface area contributed by atoms with Gasteiger partial charge in [0.15, 0.2) is 6.29 Å². The Morgan fingerprint density at radius 1 is 1.00 bits per heavy atom. The second kappa shape index (κ2) is 9.32. The molecular formula is C22H35FO2. The van der Waals surface area contributed by atoms with E-state index in [4.69, 9.17) is 9.47 Å². The van der Waals surface area contributed by atoms with Crippen LogP contribution in [0.15, 0.2) is 23.0 Å². The molecule has 1 aliphatic heterocycles. The van der Waals surface area contributed by atoms with Gasteiger partial charge in [-0.25, -0.2) is 4.39 Å². The first-order chi connectivity index (χ1) is 12.1. The van der Waals surface area contributed by atoms with Crippen molar-refractivity contribution in [2.24, 2.45) is 17.8 Å². The molecule has 142 valence electrons. The van der Waals surface area contributed by atoms with Gasteiger partial charge in [0.05, 0.1) is 19.0 Å². The van der Waals surface area contributed by atoms with Crippen LogP contribution in [0.25, 0.3) is 0 Å². The van der Waals surface area contributed by atoms with Crippen LogP contribution in [0.1, 0.15) is 78.1 Å². The Morgan fingerprint density at radius 2 is 1.76 bits per heavy atom. The minimum atomic E-state index is -0.0786. The maximum absolute atomic E-state index is 14.5. The first kappa shape index (κ1) is 19.1. The second-order valence-corrected chi connectivity index (χ2v) is 8.54. The van der Waals surface area contributed by atoms with E-state index in [0.29, 0.717) is 18.3 Å². The summed E-state index contributed by atoms with van der Waals surface area (Å²) in [7, 11) is 0. The Balaban J connectivity index is 1.39. The van der Waals surface area contributed by atoms with Crippen LogP contribution in [0, 0.1) is 17.8 Å². The molecule has 2 unspecified atom stereocenters. The highest BCUT2D eigenvalue weighted by Crippen LogP contribution is 2.37. The van der Waals surface area contributed by atoms with Crippen molar-refractivity contribution in [3.63, 3.8) is 0 Å². The summed E-state index contributed by atoms with van der Waals surface area (Å²) in [4.78, 5) is 0. The molecular weight excluding hydrogens is 315 g/mol. The van der Waals surface area contributed by atoms with Crippen molar-refractivity contribution in [3.05, 3.63) is 23.0 Å². The van der Waals surface area contributed by atoms with Crippen molar-refractivity contribution in [1.29, 1.82) is 0 Å². The highest BCUT2D eigenvalue weighted by Gasteiger charge is 2.24. The lowest BCUT2D eigenvalue weighted by atomic mass is 9.81. The van der Waals surface area contributed by atoms with Gasteiger partial charge in [-0.05, 0) is 82.1 Å². The van der Waals surface area contributed by atoms with Crippen LogP contribution in [0.5, 0.6) is 0 Å². The SMILES string of the molecule is CC1CC=C(CCC2CCC(CCC3COC(C)OC3)=C(F)C2)CC1. The summed E-state index contributed by atoms with van der Waals surface area (Å²) in [5.74, 6) is 2.01. The normalized spacial score (nSPS) is 34.1. The van der Waals surface area contributed by atoms with Crippen molar-refractivity contribution >= 4 is 0 Å². The highest BCUT2D eigenvalue weighted by atomic mass is 19.1. The topological polar surface area (TPSA) is 18.5 Å². The maximum atomic E-state index is 14.5. The molecule has 25 heavy (non-hydrogen) atoms. The van der Waals surface area contributed by atoms with Crippen molar-refractivity contribution in [2.75, 3.05) is 13.2 Å². The highest BCUT2D eigenvalue weighted by molar-refractivity contribution is 5.13. The molecule has 1 fully saturated rings. The molecule has 0 spiro atoms. The zero-order valence-electron chi connectivity index (χ0n) is 16.1. The van der Waals surface area contributed by atoms with Gasteiger partial charge in [-0.1, -0.05) is 18.6 Å². The van der Waals surface area contributed by atoms with Gasteiger partial charge in [-0.2, -0.15) is 0 Å². The third-order valence-corrected chi connectivity index (χ3v) is 6.33. The van der Waals surface area contributed by atoms with Gasteiger partial charge in [0, 0.05) is 12.3 Å². The fourth-order valence-corrected chi connectivity index (χ4v) is 4.34. The molecule has 0 N–H and O–H groups in total. The third-order valence-electron chi connectivity index (χ3n) is 6.33. The molecule has 2 nitrogen and oxygen atoms in total. The van der Waals surface area contributed by atoms with E-state index in [1.165, 1.54) is 38.5 Å². The zero-order valence-corrected chi connectivity index (χ0v) is 16.1. The largest absolute Gasteiger partial charge is 0.353 e. The fraction of sp³-hybridized carbons (Fsp3) is 0.818. The molecule has 0 radical (unpaired) electrons. The van der Waals surface area contributed by atoms with Crippen LogP contribution in [0.3, 0.4) is 0 Å². The van der Waals surface area contributed by atoms with Crippen LogP contribution in [0.2, 0.25) is 0 Å². The van der Waals surface area contributed by atoms with E-state index < -0.39 is 0 Å². The lowest BCUT2D eigenvalue weighted by molar-refractivity contribution is -0.191. The quantitative estimate of drug-likeness (QED) is 0.521. The van der Waals surface area contributed by atoms with E-state index in [0.717, 1.165) is 44.0 Å². The van der Waals surface area contributed by atoms with Crippen LogP contribution in [-0.4, -0.2) is 19.5 Å². The lowest BCUT2D eigenvalue weighted by Gasteiger charge is -2.29. The van der Waals surface area contributed by atoms with Gasteiger partial charge in [-0.15, -0.1) is 0 Å². The fourth-order valence-electron chi connectivity index (χ4n) is 4.34. The molecule has 1 heterocycles. The maximum Gasteiger partial charge on any atom is 0.154 e. The first-order valence-electron chi connectivity index (χ1n) is 10.4. The van der Waals surface area contributed by atoms with Crippen molar-refractivity contribution in [3.8, 4) is 0 Å². The van der Waals surface area contributed by atoms with E-state index in [1.807, 2.05) is 6.92 Å². The summed E-state index contributed by atoms with van der Waals surface area (Å²) in [5.41, 5.74) is 2.69. The van der Waals surface area contributed by atoms with Gasteiger partial charge < -0.3 is 9.47 Å². The minimum Gasteiger partial charge on any atom is -0.353 e. The summed E-state index contributed by atoms with van der Waals surface area (Å²) in [6.45, 7) is 5.78. The van der Waals surface area contributed by atoms with E-state index in [-0.39, 0.29) is 12.1 Å². The minimum absolute atomic E-state index is 0.0786. The molecule has 2 aliphatic carbocycles. The molecule has 3 rings (SSSR count). The van der Waals surface area contributed by atoms with Crippen LogP contribution in [0.4, 0.5) is 4.39 Å². The number of halogens is 1. The summed E-state index contributed by atoms with van der Waals surface area (Å²) in [6, 6.07) is 0. The monoisotopic (exact) mass is 350 g/mol. The first-order valence-corrected chi connectivity index (χ1v) is 10.4. The van der Waals surface area contributed by atoms with E-state index in [2.05, 4.69) is 13.0 Å². The molecule has 3 aliphatic rings. The van der Waals surface area contributed by atoms with Gasteiger partial charge in [0.25, 0.3) is 0 Å². The van der Waals surface area contributed by atoms with Crippen molar-refractivity contribution in [2.45, 2.75) is 84.3 Å². The Bertz CT molecular complexity index is 488. The summed E-state index contributed by atoms with van der Waals surface area (Å²) in [5, 5.41) is 0. The van der Waals surface area contributed by atoms with Gasteiger partial charge in [0.1, 0.15) is 0 Å². The number of hydrogen-bond acceptors (Lipinski definition) is 2. The molecule has 1 saturated heterocycles. The van der Waals surface area contributed by atoms with Crippen LogP contribution < -0.4 is 0 Å². The summed E-state index contributed by atoms with van der Waals surface area (Å²) >= 11 is 0. The Kier molecular flexibility index (Phi) is 7.12. The van der Waals surface area contributed by atoms with Gasteiger partial charge in [0.2, 0.25) is 0 Å². The summed E-state index contributed by atoms with van der Waals surface area (Å²) in [6.07, 6.45) is 13.2. The van der Waals surface area contributed by atoms with Gasteiger partial charge >= 0.3 is 0 Å². The Labute approximate surface area is 152 Å². The lowest BCUT2D eigenvalue weighted by Crippen LogP contribution is -2.30.